The van der Waals surface area contributed by atoms with E-state index in [-0.39, 0.29) is 63.4 Å². The zero-order chi connectivity index (χ0) is 33.8. The summed E-state index contributed by atoms with van der Waals surface area (Å²) in [6.45, 7) is 8.50. The Morgan fingerprint density at radius 1 is 1.13 bits per heavy atom. The maximum absolute atomic E-state index is 16.0. The monoisotopic (exact) mass is 649 g/mol. The Labute approximate surface area is 270 Å². The summed E-state index contributed by atoms with van der Waals surface area (Å²) in [6.07, 6.45) is 3.25. The van der Waals surface area contributed by atoms with Gasteiger partial charge in [0.15, 0.2) is 5.75 Å². The number of likely N-dealkylation sites (tertiary alicyclic amines) is 1. The molecule has 0 amide bonds. The molecular weight excluding hydrogens is 610 g/mol. The highest BCUT2D eigenvalue weighted by Gasteiger charge is 2.46. The van der Waals surface area contributed by atoms with Crippen LogP contribution >= 0.6 is 0 Å². The van der Waals surface area contributed by atoms with Crippen molar-refractivity contribution in [2.24, 2.45) is 5.41 Å². The SMILES string of the molecule is CC(=O)C(C)(C)C1COc2c1cc(O)cc2[N+](O)(O)Nc1ccc(F)c(-c2ccc3nc(NC4CCN(C)CC4)ncc3c2F)c1C. The van der Waals surface area contributed by atoms with Gasteiger partial charge in [-0.3, -0.25) is 4.79 Å². The van der Waals surface area contributed by atoms with Gasteiger partial charge in [0.25, 0.3) is 5.69 Å². The third kappa shape index (κ3) is 5.95. The third-order valence-electron chi connectivity index (χ3n) is 9.68. The van der Waals surface area contributed by atoms with E-state index in [1.807, 2.05) is 0 Å². The Bertz CT molecular complexity index is 1880. The number of nitrogens with one attached hydrogen (secondary N) is 2. The number of phenols is 1. The minimum Gasteiger partial charge on any atom is -0.508 e. The molecule has 0 aliphatic carbocycles. The average molecular weight is 650 g/mol. The molecule has 1 saturated heterocycles. The fourth-order valence-electron chi connectivity index (χ4n) is 6.40. The van der Waals surface area contributed by atoms with Crippen LogP contribution in [0.4, 0.5) is 26.1 Å². The van der Waals surface area contributed by atoms with E-state index in [4.69, 9.17) is 4.74 Å². The van der Waals surface area contributed by atoms with E-state index in [2.05, 4.69) is 32.7 Å². The number of carbonyl (C=O) groups is 1. The molecule has 1 aromatic heterocycles. The lowest BCUT2D eigenvalue weighted by Crippen LogP contribution is -2.48. The molecular formula is C34H39F2N6O5+. The van der Waals surface area contributed by atoms with Crippen LogP contribution in [-0.4, -0.2) is 69.0 Å². The molecule has 47 heavy (non-hydrogen) atoms. The third-order valence-corrected chi connectivity index (χ3v) is 9.68. The zero-order valence-corrected chi connectivity index (χ0v) is 26.9. The summed E-state index contributed by atoms with van der Waals surface area (Å²) in [5.41, 5.74) is 2.33. The minimum absolute atomic E-state index is 0.0550. The van der Waals surface area contributed by atoms with E-state index in [1.165, 1.54) is 38.2 Å². The quantitative estimate of drug-likeness (QED) is 0.109. The lowest BCUT2D eigenvalue weighted by Gasteiger charge is -2.29. The predicted octanol–water partition coefficient (Wildman–Crippen LogP) is 6.30. The number of quaternary nitrogens is 1. The van der Waals surface area contributed by atoms with Crippen molar-refractivity contribution >= 4 is 34.0 Å². The molecule has 1 fully saturated rings. The van der Waals surface area contributed by atoms with E-state index >= 15 is 8.78 Å². The van der Waals surface area contributed by atoms with E-state index in [9.17, 15) is 20.3 Å². The fraction of sp³-hybridized carbons (Fsp3) is 0.382. The Morgan fingerprint density at radius 2 is 1.85 bits per heavy atom. The smallest absolute Gasteiger partial charge is 0.273 e. The van der Waals surface area contributed by atoms with Crippen LogP contribution in [0, 0.1) is 24.0 Å². The highest BCUT2D eigenvalue weighted by Crippen LogP contribution is 2.51. The number of phenolic OH excluding ortho intramolecular Hbond substituents is 1. The molecule has 0 radical (unpaired) electrons. The van der Waals surface area contributed by atoms with Gasteiger partial charge in [-0.25, -0.2) is 18.7 Å². The number of rotatable bonds is 8. The number of hydrogen-bond acceptors (Lipinski definition) is 10. The van der Waals surface area contributed by atoms with Crippen molar-refractivity contribution in [2.45, 2.75) is 52.5 Å². The summed E-state index contributed by atoms with van der Waals surface area (Å²) in [6, 6.07) is 8.18. The first kappa shape index (κ1) is 32.5. The molecule has 6 rings (SSSR count). The fourth-order valence-corrected chi connectivity index (χ4v) is 6.40. The Hall–Kier alpha value is -4.43. The number of aromatic hydroxyl groups is 1. The second-order valence-corrected chi connectivity index (χ2v) is 13.1. The molecule has 5 N–H and O–H groups in total. The van der Waals surface area contributed by atoms with Crippen LogP contribution in [0.5, 0.6) is 11.5 Å². The van der Waals surface area contributed by atoms with Gasteiger partial charge in [0.2, 0.25) is 5.95 Å². The Balaban J connectivity index is 1.32. The molecule has 1 unspecified atom stereocenters. The molecule has 0 bridgehead atoms. The number of piperidine rings is 1. The topological polar surface area (TPSA) is 140 Å². The minimum atomic E-state index is -1.99. The molecule has 3 heterocycles. The summed E-state index contributed by atoms with van der Waals surface area (Å²) in [4.78, 5) is 21.5. The highest BCUT2D eigenvalue weighted by atomic mass is 19.1. The second-order valence-electron chi connectivity index (χ2n) is 13.1. The Morgan fingerprint density at radius 3 is 2.55 bits per heavy atom. The number of aromatic nitrogens is 2. The van der Waals surface area contributed by atoms with Crippen molar-refractivity contribution in [2.75, 3.05) is 37.5 Å². The standard InChI is InChI=1S/C34H38F2N6O5/c1-18-27(40-42(45,46)29-15-21(44)14-23-25(17-47-32(23)29)34(3,4)19(2)43)9-7-26(35)30(18)22-6-8-28-24(31(22)36)16-37-33(39-28)38-20-10-12-41(5)13-11-20/h6-9,14-16,20,25,40,45-46H,10-13,17H2,1-5H3,(H-,37,38,39,44)/p+1. The number of halogens is 2. The van der Waals surface area contributed by atoms with Crippen LogP contribution in [0.1, 0.15) is 50.7 Å². The average Bonchev–Trinajstić information content (AvgIpc) is 3.45. The number of Topliss-reactive ketones (excluding diaryl/α,β-unsaturated/α-hetero) is 1. The molecule has 0 spiro atoms. The molecule has 13 heteroatoms. The maximum Gasteiger partial charge on any atom is 0.273 e. The van der Waals surface area contributed by atoms with Crippen LogP contribution in [0.15, 0.2) is 42.6 Å². The van der Waals surface area contributed by atoms with Crippen molar-refractivity contribution < 1.29 is 33.8 Å². The number of ketones is 1. The molecule has 0 saturated carbocycles. The summed E-state index contributed by atoms with van der Waals surface area (Å²) < 4.78 is 37.3. The van der Waals surface area contributed by atoms with Gasteiger partial charge < -0.3 is 20.1 Å². The molecule has 2 aliphatic heterocycles. The number of carbonyl (C=O) groups excluding carboxylic acids is 1. The first-order chi connectivity index (χ1) is 22.2. The van der Waals surface area contributed by atoms with Gasteiger partial charge in [-0.1, -0.05) is 13.8 Å². The molecule has 11 nitrogen and oxygen atoms in total. The van der Waals surface area contributed by atoms with Gasteiger partial charge in [0.1, 0.15) is 23.2 Å². The van der Waals surface area contributed by atoms with Crippen LogP contribution in [0.3, 0.4) is 0 Å². The van der Waals surface area contributed by atoms with Crippen LogP contribution in [0.25, 0.3) is 22.0 Å². The van der Waals surface area contributed by atoms with Crippen LogP contribution in [-0.2, 0) is 4.79 Å². The van der Waals surface area contributed by atoms with E-state index in [0.717, 1.165) is 38.1 Å². The highest BCUT2D eigenvalue weighted by molar-refractivity contribution is 5.87. The van der Waals surface area contributed by atoms with Crippen molar-refractivity contribution in [1.82, 2.24) is 19.8 Å². The van der Waals surface area contributed by atoms with Gasteiger partial charge in [-0.15, -0.1) is 10.4 Å². The van der Waals surface area contributed by atoms with Gasteiger partial charge in [0, 0.05) is 40.3 Å². The first-order valence-electron chi connectivity index (χ1n) is 15.5. The Kier molecular flexibility index (Phi) is 8.29. The number of fused-ring (bicyclic) bond motifs is 2. The maximum atomic E-state index is 16.0. The first-order valence-corrected chi connectivity index (χ1v) is 15.5. The molecule has 1 atom stereocenters. The van der Waals surface area contributed by atoms with Crippen molar-refractivity contribution in [3.63, 3.8) is 0 Å². The lowest BCUT2D eigenvalue weighted by molar-refractivity contribution is -0.273. The number of ether oxygens (including phenoxy) is 1. The van der Waals surface area contributed by atoms with E-state index in [0.29, 0.717) is 17.0 Å². The number of nitrogens with zero attached hydrogens (tertiary/aromatic N) is 4. The summed E-state index contributed by atoms with van der Waals surface area (Å²) in [7, 11) is 2.08. The van der Waals surface area contributed by atoms with Crippen LogP contribution < -0.4 is 20.4 Å². The lowest BCUT2D eigenvalue weighted by atomic mass is 9.73. The van der Waals surface area contributed by atoms with Crippen LogP contribution in [0.2, 0.25) is 0 Å². The summed E-state index contributed by atoms with van der Waals surface area (Å²) >= 11 is 0. The van der Waals surface area contributed by atoms with Gasteiger partial charge >= 0.3 is 0 Å². The zero-order valence-electron chi connectivity index (χ0n) is 26.9. The second kappa shape index (κ2) is 12.0. The normalized spacial score (nSPS) is 17.4. The number of hydrogen-bond donors (Lipinski definition) is 5. The predicted molar refractivity (Wildman–Crippen MR) is 174 cm³/mol. The summed E-state index contributed by atoms with van der Waals surface area (Å²) in [5.74, 6) is -1.79. The van der Waals surface area contributed by atoms with E-state index in [1.54, 1.807) is 19.9 Å². The van der Waals surface area contributed by atoms with Crippen molar-refractivity contribution in [3.8, 4) is 22.6 Å². The van der Waals surface area contributed by atoms with E-state index < -0.39 is 27.9 Å². The molecule has 248 valence electrons. The number of anilines is 2. The van der Waals surface area contributed by atoms with Gasteiger partial charge in [0.05, 0.1) is 34.2 Å². The molecule has 3 aromatic carbocycles. The van der Waals surface area contributed by atoms with Gasteiger partial charge in [-0.2, -0.15) is 5.43 Å². The van der Waals surface area contributed by atoms with Crippen molar-refractivity contribution in [3.05, 3.63) is 65.4 Å². The molecule has 2 aliphatic rings. The largest absolute Gasteiger partial charge is 0.508 e. The van der Waals surface area contributed by atoms with Gasteiger partial charge in [-0.05, 0) is 82.7 Å². The summed E-state index contributed by atoms with van der Waals surface area (Å²) in [5, 5.41) is 36.5. The van der Waals surface area contributed by atoms with Crippen molar-refractivity contribution in [1.29, 1.82) is 0 Å². The number of benzene rings is 3. The molecule has 4 aromatic rings.